The third kappa shape index (κ3) is 3.53. The molecule has 0 saturated carbocycles. The molecule has 1 saturated heterocycles. The van der Waals surface area contributed by atoms with Crippen molar-refractivity contribution in [3.05, 3.63) is 0 Å². The third-order valence-electron chi connectivity index (χ3n) is 2.87. The van der Waals surface area contributed by atoms with Crippen LogP contribution in [0.2, 0.25) is 0 Å². The Bertz CT molecular complexity index is 155. The first-order chi connectivity index (χ1) is 6.77. The number of piperazine rings is 1. The van der Waals surface area contributed by atoms with Crippen LogP contribution in [-0.2, 0) is 4.74 Å². The van der Waals surface area contributed by atoms with E-state index >= 15 is 0 Å². The van der Waals surface area contributed by atoms with Crippen molar-refractivity contribution in [2.75, 3.05) is 39.9 Å². The molecule has 0 amide bonds. The van der Waals surface area contributed by atoms with Gasteiger partial charge in [0.2, 0.25) is 0 Å². The Labute approximate surface area is 86.4 Å². The number of rotatable bonds is 5. The van der Waals surface area contributed by atoms with E-state index in [2.05, 4.69) is 11.8 Å². The summed E-state index contributed by atoms with van der Waals surface area (Å²) in [4.78, 5) is 2.38. The number of likely N-dealkylation sites (N-methyl/N-ethyl adjacent to an activating group) is 1. The molecule has 0 spiro atoms. The Morgan fingerprint density at radius 1 is 1.43 bits per heavy atom. The van der Waals surface area contributed by atoms with Gasteiger partial charge in [-0.1, -0.05) is 6.92 Å². The van der Waals surface area contributed by atoms with Gasteiger partial charge in [-0.25, -0.2) is 0 Å². The van der Waals surface area contributed by atoms with Crippen LogP contribution < -0.4 is 0 Å². The smallest absolute Gasteiger partial charge is 0.0478 e. The third-order valence-corrected chi connectivity index (χ3v) is 2.87. The van der Waals surface area contributed by atoms with E-state index in [0.717, 1.165) is 45.6 Å². The maximum Gasteiger partial charge on any atom is 0.0478 e. The van der Waals surface area contributed by atoms with E-state index in [9.17, 15) is 5.21 Å². The first-order valence-electron chi connectivity index (χ1n) is 5.44. The molecule has 1 rings (SSSR count). The van der Waals surface area contributed by atoms with E-state index in [1.165, 1.54) is 5.06 Å². The van der Waals surface area contributed by atoms with Gasteiger partial charge in [0.15, 0.2) is 0 Å². The summed E-state index contributed by atoms with van der Waals surface area (Å²) in [6.45, 7) is 6.76. The zero-order chi connectivity index (χ0) is 10.4. The monoisotopic (exact) mass is 202 g/mol. The van der Waals surface area contributed by atoms with Crippen LogP contribution in [0.1, 0.15) is 19.8 Å². The average Bonchev–Trinajstić information content (AvgIpc) is 2.21. The Balaban J connectivity index is 2.25. The van der Waals surface area contributed by atoms with Crippen LogP contribution in [0.3, 0.4) is 0 Å². The fraction of sp³-hybridized carbons (Fsp3) is 1.00. The normalized spacial score (nSPS) is 25.5. The molecule has 1 aliphatic rings. The highest BCUT2D eigenvalue weighted by Gasteiger charge is 2.24. The molecule has 0 aliphatic carbocycles. The van der Waals surface area contributed by atoms with Gasteiger partial charge < -0.3 is 14.8 Å². The Kier molecular flexibility index (Phi) is 5.40. The SMILES string of the molecule is CCN1CCN(O)C(CCCOC)C1. The fourth-order valence-electron chi connectivity index (χ4n) is 1.90. The molecule has 4 heteroatoms. The van der Waals surface area contributed by atoms with Crippen molar-refractivity contribution < 1.29 is 9.94 Å². The van der Waals surface area contributed by atoms with Gasteiger partial charge in [0.1, 0.15) is 0 Å². The molecule has 1 unspecified atom stereocenters. The molecule has 4 nitrogen and oxygen atoms in total. The molecule has 14 heavy (non-hydrogen) atoms. The second-order valence-electron chi connectivity index (χ2n) is 3.85. The minimum Gasteiger partial charge on any atom is -0.385 e. The molecule has 1 heterocycles. The Morgan fingerprint density at radius 3 is 2.86 bits per heavy atom. The fourth-order valence-corrected chi connectivity index (χ4v) is 1.90. The topological polar surface area (TPSA) is 35.9 Å². The van der Waals surface area contributed by atoms with Crippen LogP contribution >= 0.6 is 0 Å². The predicted octanol–water partition coefficient (Wildman–Crippen LogP) is 0.808. The lowest BCUT2D eigenvalue weighted by atomic mass is 10.1. The van der Waals surface area contributed by atoms with Crippen LogP contribution in [0.15, 0.2) is 0 Å². The van der Waals surface area contributed by atoms with Gasteiger partial charge in [-0.2, -0.15) is 5.06 Å². The van der Waals surface area contributed by atoms with Crippen molar-refractivity contribution in [2.24, 2.45) is 0 Å². The number of hydroxylamine groups is 2. The van der Waals surface area contributed by atoms with Gasteiger partial charge in [-0.3, -0.25) is 0 Å². The average molecular weight is 202 g/mol. The standard InChI is InChI=1S/C10H22N2O2/c1-3-11-6-7-12(13)10(9-11)5-4-8-14-2/h10,13H,3-9H2,1-2H3. The van der Waals surface area contributed by atoms with Crippen molar-refractivity contribution in [3.63, 3.8) is 0 Å². The largest absolute Gasteiger partial charge is 0.385 e. The van der Waals surface area contributed by atoms with Gasteiger partial charge in [0.25, 0.3) is 0 Å². The molecule has 0 aromatic rings. The number of ether oxygens (including phenoxy) is 1. The van der Waals surface area contributed by atoms with Crippen LogP contribution in [0.25, 0.3) is 0 Å². The van der Waals surface area contributed by atoms with Crippen molar-refractivity contribution >= 4 is 0 Å². The summed E-state index contributed by atoms with van der Waals surface area (Å²) in [5, 5.41) is 11.1. The summed E-state index contributed by atoms with van der Waals surface area (Å²) >= 11 is 0. The molecule has 0 aromatic carbocycles. The number of hydrogen-bond acceptors (Lipinski definition) is 4. The lowest BCUT2D eigenvalue weighted by Crippen LogP contribution is -2.51. The van der Waals surface area contributed by atoms with Gasteiger partial charge in [0, 0.05) is 39.4 Å². The molecule has 1 N–H and O–H groups in total. The number of methoxy groups -OCH3 is 1. The Hall–Kier alpha value is -0.160. The predicted molar refractivity (Wildman–Crippen MR) is 55.5 cm³/mol. The molecule has 1 atom stereocenters. The summed E-state index contributed by atoms with van der Waals surface area (Å²) in [5.41, 5.74) is 0. The minimum atomic E-state index is 0.291. The highest BCUT2D eigenvalue weighted by molar-refractivity contribution is 4.76. The zero-order valence-electron chi connectivity index (χ0n) is 9.28. The molecule has 1 fully saturated rings. The summed E-state index contributed by atoms with van der Waals surface area (Å²) in [5.74, 6) is 0. The highest BCUT2D eigenvalue weighted by atomic mass is 16.5. The van der Waals surface area contributed by atoms with E-state index in [-0.39, 0.29) is 0 Å². The summed E-state index contributed by atoms with van der Waals surface area (Å²) in [6.07, 6.45) is 2.04. The van der Waals surface area contributed by atoms with Crippen molar-refractivity contribution in [1.29, 1.82) is 0 Å². The lowest BCUT2D eigenvalue weighted by molar-refractivity contribution is -0.157. The van der Waals surface area contributed by atoms with E-state index in [0.29, 0.717) is 6.04 Å². The van der Waals surface area contributed by atoms with E-state index < -0.39 is 0 Å². The Morgan fingerprint density at radius 2 is 2.21 bits per heavy atom. The summed E-state index contributed by atoms with van der Waals surface area (Å²) in [6, 6.07) is 0.291. The second-order valence-corrected chi connectivity index (χ2v) is 3.85. The van der Waals surface area contributed by atoms with E-state index in [1.54, 1.807) is 7.11 Å². The highest BCUT2D eigenvalue weighted by Crippen LogP contribution is 2.12. The van der Waals surface area contributed by atoms with E-state index in [4.69, 9.17) is 4.74 Å². The van der Waals surface area contributed by atoms with Gasteiger partial charge in [0.05, 0.1) is 0 Å². The van der Waals surface area contributed by atoms with Gasteiger partial charge >= 0.3 is 0 Å². The van der Waals surface area contributed by atoms with Crippen LogP contribution in [0.4, 0.5) is 0 Å². The molecule has 0 bridgehead atoms. The first-order valence-corrected chi connectivity index (χ1v) is 5.44. The van der Waals surface area contributed by atoms with Crippen molar-refractivity contribution in [3.8, 4) is 0 Å². The van der Waals surface area contributed by atoms with Crippen LogP contribution in [-0.4, -0.2) is 61.1 Å². The van der Waals surface area contributed by atoms with Gasteiger partial charge in [-0.05, 0) is 19.4 Å². The maximum atomic E-state index is 9.65. The first kappa shape index (κ1) is 11.9. The summed E-state index contributed by atoms with van der Waals surface area (Å²) in [7, 11) is 1.72. The lowest BCUT2D eigenvalue weighted by Gasteiger charge is -2.37. The second kappa shape index (κ2) is 6.35. The molecular formula is C10H22N2O2. The number of nitrogens with zero attached hydrogens (tertiary/aromatic N) is 2. The summed E-state index contributed by atoms with van der Waals surface area (Å²) < 4.78 is 5.01. The molecule has 0 radical (unpaired) electrons. The van der Waals surface area contributed by atoms with E-state index in [1.807, 2.05) is 0 Å². The number of hydrogen-bond donors (Lipinski definition) is 1. The molecule has 0 aromatic heterocycles. The van der Waals surface area contributed by atoms with Crippen LogP contribution in [0, 0.1) is 0 Å². The van der Waals surface area contributed by atoms with Crippen molar-refractivity contribution in [2.45, 2.75) is 25.8 Å². The maximum absolute atomic E-state index is 9.65. The van der Waals surface area contributed by atoms with Crippen LogP contribution in [0.5, 0.6) is 0 Å². The zero-order valence-corrected chi connectivity index (χ0v) is 9.28. The van der Waals surface area contributed by atoms with Gasteiger partial charge in [-0.15, -0.1) is 0 Å². The minimum absolute atomic E-state index is 0.291. The molecule has 84 valence electrons. The van der Waals surface area contributed by atoms with Crippen molar-refractivity contribution in [1.82, 2.24) is 9.96 Å². The molecular weight excluding hydrogens is 180 g/mol. The quantitative estimate of drug-likeness (QED) is 0.669. The molecule has 1 aliphatic heterocycles.